The van der Waals surface area contributed by atoms with Crippen molar-refractivity contribution in [2.45, 2.75) is 33.7 Å². The first kappa shape index (κ1) is 20.7. The third-order valence-electron chi connectivity index (χ3n) is 4.49. The summed E-state index contributed by atoms with van der Waals surface area (Å²) in [5, 5.41) is 18.5. The number of ether oxygens (including phenoxy) is 1. The molecule has 142 valence electrons. The van der Waals surface area contributed by atoms with Crippen molar-refractivity contribution in [2.75, 3.05) is 12.0 Å². The normalized spacial score (nSPS) is 11.3. The summed E-state index contributed by atoms with van der Waals surface area (Å²) in [6.07, 6.45) is 3.04. The molecule has 0 aliphatic rings. The van der Waals surface area contributed by atoms with Crippen LogP contribution in [-0.4, -0.2) is 30.2 Å². The number of carbonyl (C=O) groups excluding carboxylic acids is 1. The molecule has 0 bridgehead atoms. The Kier molecular flexibility index (Phi) is 7.22. The lowest BCUT2D eigenvalue weighted by Gasteiger charge is -2.24. The molecule has 0 saturated heterocycles. The molecule has 2 N–H and O–H groups in total. The number of hydrogen-bond donors (Lipinski definition) is 2. The zero-order valence-electron chi connectivity index (χ0n) is 16.3. The number of rotatable bonds is 7. The first-order chi connectivity index (χ1) is 12.8. The molecule has 2 aromatic rings. The van der Waals surface area contributed by atoms with E-state index in [2.05, 4.69) is 24.9 Å². The summed E-state index contributed by atoms with van der Waals surface area (Å²) in [5.41, 5.74) is 5.23. The zero-order valence-corrected chi connectivity index (χ0v) is 16.3. The van der Waals surface area contributed by atoms with Gasteiger partial charge in [0.25, 0.3) is 0 Å². The zero-order chi connectivity index (χ0) is 20.0. The molecule has 2 aromatic carbocycles. The van der Waals surface area contributed by atoms with Crippen LogP contribution in [0.25, 0.3) is 0 Å². The number of anilines is 1. The quantitative estimate of drug-likeness (QED) is 0.582. The lowest BCUT2D eigenvalue weighted by Crippen LogP contribution is -2.29. The molecule has 0 amide bonds. The summed E-state index contributed by atoms with van der Waals surface area (Å²) < 4.78 is 4.79. The molecule has 0 aromatic heterocycles. The standard InChI is InChI=1S/C21H26BNO4/c1-5-15(2)13-23(14-17-6-9-19(10-7-17)22(25)26)20-11-8-18(12-16(20)3)21(24)27-4/h6-13,25-26H,5,14H2,1-4H3. The summed E-state index contributed by atoms with van der Waals surface area (Å²) in [5.74, 6) is -0.352. The van der Waals surface area contributed by atoms with Crippen LogP contribution in [-0.2, 0) is 11.3 Å². The molecule has 0 radical (unpaired) electrons. The monoisotopic (exact) mass is 367 g/mol. The van der Waals surface area contributed by atoms with Crippen molar-refractivity contribution in [3.05, 3.63) is 70.9 Å². The summed E-state index contributed by atoms with van der Waals surface area (Å²) >= 11 is 0. The lowest BCUT2D eigenvalue weighted by molar-refractivity contribution is 0.0600. The van der Waals surface area contributed by atoms with E-state index in [1.807, 2.05) is 31.2 Å². The molecule has 5 nitrogen and oxygen atoms in total. The fourth-order valence-electron chi connectivity index (χ4n) is 2.77. The van der Waals surface area contributed by atoms with Gasteiger partial charge in [-0.1, -0.05) is 36.8 Å². The molecule has 0 saturated carbocycles. The van der Waals surface area contributed by atoms with Gasteiger partial charge in [0.1, 0.15) is 0 Å². The summed E-state index contributed by atoms with van der Waals surface area (Å²) in [7, 11) is -0.0939. The van der Waals surface area contributed by atoms with E-state index in [0.717, 1.165) is 23.2 Å². The highest BCUT2D eigenvalue weighted by Gasteiger charge is 2.14. The summed E-state index contributed by atoms with van der Waals surface area (Å²) in [6.45, 7) is 6.78. The van der Waals surface area contributed by atoms with Crippen LogP contribution >= 0.6 is 0 Å². The van der Waals surface area contributed by atoms with Gasteiger partial charge in [-0.25, -0.2) is 4.79 Å². The molecule has 0 fully saturated rings. The molecule has 0 spiro atoms. The van der Waals surface area contributed by atoms with Crippen LogP contribution < -0.4 is 10.4 Å². The van der Waals surface area contributed by atoms with Crippen LogP contribution in [0.3, 0.4) is 0 Å². The van der Waals surface area contributed by atoms with Crippen LogP contribution in [0.4, 0.5) is 5.69 Å². The molecule has 0 atom stereocenters. The number of allylic oxidation sites excluding steroid dienone is 1. The first-order valence-electron chi connectivity index (χ1n) is 8.93. The number of esters is 1. The maximum Gasteiger partial charge on any atom is 0.488 e. The van der Waals surface area contributed by atoms with Gasteiger partial charge in [-0.15, -0.1) is 0 Å². The van der Waals surface area contributed by atoms with E-state index in [4.69, 9.17) is 4.74 Å². The molecule has 2 rings (SSSR count). The second-order valence-corrected chi connectivity index (χ2v) is 6.57. The smallest absolute Gasteiger partial charge is 0.465 e. The van der Waals surface area contributed by atoms with Gasteiger partial charge >= 0.3 is 13.1 Å². The minimum atomic E-state index is -1.47. The van der Waals surface area contributed by atoms with Gasteiger partial charge in [-0.05, 0) is 55.1 Å². The molecule has 0 unspecified atom stereocenters. The molecule has 0 aliphatic carbocycles. The fourth-order valence-corrected chi connectivity index (χ4v) is 2.77. The van der Waals surface area contributed by atoms with Crippen molar-refractivity contribution < 1.29 is 19.6 Å². The van der Waals surface area contributed by atoms with E-state index < -0.39 is 7.12 Å². The Bertz CT molecular complexity index is 815. The highest BCUT2D eigenvalue weighted by Crippen LogP contribution is 2.25. The van der Waals surface area contributed by atoms with Crippen LogP contribution in [0.15, 0.2) is 54.2 Å². The van der Waals surface area contributed by atoms with E-state index in [0.29, 0.717) is 17.6 Å². The Morgan fingerprint density at radius 1 is 1.19 bits per heavy atom. The second kappa shape index (κ2) is 9.39. The predicted molar refractivity (Wildman–Crippen MR) is 109 cm³/mol. The van der Waals surface area contributed by atoms with Gasteiger partial charge in [0.15, 0.2) is 0 Å². The second-order valence-electron chi connectivity index (χ2n) is 6.57. The van der Waals surface area contributed by atoms with Crippen molar-refractivity contribution in [1.29, 1.82) is 0 Å². The maximum atomic E-state index is 11.8. The van der Waals surface area contributed by atoms with Crippen molar-refractivity contribution in [1.82, 2.24) is 0 Å². The average Bonchev–Trinajstić information content (AvgIpc) is 2.67. The third kappa shape index (κ3) is 5.45. The highest BCUT2D eigenvalue weighted by molar-refractivity contribution is 6.58. The van der Waals surface area contributed by atoms with Gasteiger partial charge in [-0.3, -0.25) is 0 Å². The highest BCUT2D eigenvalue weighted by atomic mass is 16.5. The van der Waals surface area contributed by atoms with Crippen molar-refractivity contribution in [3.8, 4) is 0 Å². The van der Waals surface area contributed by atoms with Crippen LogP contribution in [0.1, 0.15) is 41.8 Å². The number of carbonyl (C=O) groups is 1. The molecule has 6 heteroatoms. The SMILES string of the molecule is CCC(C)=CN(Cc1ccc(B(O)O)cc1)c1ccc(C(=O)OC)cc1C. The Balaban J connectivity index is 2.36. The van der Waals surface area contributed by atoms with Gasteiger partial charge in [-0.2, -0.15) is 0 Å². The molecule has 27 heavy (non-hydrogen) atoms. The Morgan fingerprint density at radius 3 is 2.37 bits per heavy atom. The summed E-state index contributed by atoms with van der Waals surface area (Å²) in [4.78, 5) is 13.9. The first-order valence-corrected chi connectivity index (χ1v) is 8.93. The van der Waals surface area contributed by atoms with Gasteiger partial charge in [0.05, 0.1) is 12.7 Å². The van der Waals surface area contributed by atoms with E-state index in [-0.39, 0.29) is 5.97 Å². The van der Waals surface area contributed by atoms with Crippen molar-refractivity contribution >= 4 is 24.2 Å². The van der Waals surface area contributed by atoms with Crippen LogP contribution in [0, 0.1) is 6.92 Å². The van der Waals surface area contributed by atoms with E-state index >= 15 is 0 Å². The van der Waals surface area contributed by atoms with E-state index in [9.17, 15) is 14.8 Å². The molecule has 0 aliphatic heterocycles. The van der Waals surface area contributed by atoms with E-state index in [1.165, 1.54) is 12.7 Å². The molecular weight excluding hydrogens is 341 g/mol. The Labute approximate surface area is 161 Å². The Morgan fingerprint density at radius 2 is 1.85 bits per heavy atom. The molecular formula is C21H26BNO4. The van der Waals surface area contributed by atoms with Gasteiger partial charge in [0, 0.05) is 18.4 Å². The van der Waals surface area contributed by atoms with Gasteiger partial charge < -0.3 is 19.7 Å². The average molecular weight is 367 g/mol. The maximum absolute atomic E-state index is 11.8. The Hall–Kier alpha value is -2.57. The fraction of sp³-hybridized carbons (Fsp3) is 0.286. The summed E-state index contributed by atoms with van der Waals surface area (Å²) in [6, 6.07) is 12.7. The number of aryl methyl sites for hydroxylation is 1. The van der Waals surface area contributed by atoms with Crippen LogP contribution in [0.5, 0.6) is 0 Å². The third-order valence-corrected chi connectivity index (χ3v) is 4.49. The van der Waals surface area contributed by atoms with Crippen molar-refractivity contribution in [3.63, 3.8) is 0 Å². The van der Waals surface area contributed by atoms with Crippen LogP contribution in [0.2, 0.25) is 0 Å². The topological polar surface area (TPSA) is 70.0 Å². The lowest BCUT2D eigenvalue weighted by atomic mass is 9.80. The van der Waals surface area contributed by atoms with E-state index in [1.54, 1.807) is 18.2 Å². The van der Waals surface area contributed by atoms with Crippen molar-refractivity contribution in [2.24, 2.45) is 0 Å². The number of methoxy groups -OCH3 is 1. The minimum absolute atomic E-state index is 0.352. The number of hydrogen-bond acceptors (Lipinski definition) is 5. The minimum Gasteiger partial charge on any atom is -0.465 e. The predicted octanol–water partition coefficient (Wildman–Crippen LogP) is 2.78. The van der Waals surface area contributed by atoms with Gasteiger partial charge in [0.2, 0.25) is 0 Å². The largest absolute Gasteiger partial charge is 0.488 e. The number of benzene rings is 2. The molecule has 0 heterocycles. The number of nitrogens with zero attached hydrogens (tertiary/aromatic N) is 1.